The second-order valence-corrected chi connectivity index (χ2v) is 5.23. The summed E-state index contributed by atoms with van der Waals surface area (Å²) in [5.74, 6) is 0.887. The Morgan fingerprint density at radius 1 is 1.10 bits per heavy atom. The van der Waals surface area contributed by atoms with Gasteiger partial charge < -0.3 is 16.0 Å². The maximum atomic E-state index is 6.16. The molecule has 0 radical (unpaired) electrons. The van der Waals surface area contributed by atoms with Crippen molar-refractivity contribution >= 4 is 46.7 Å². The van der Waals surface area contributed by atoms with Crippen molar-refractivity contribution in [3.05, 3.63) is 27.7 Å². The van der Waals surface area contributed by atoms with E-state index in [1.807, 2.05) is 21.0 Å². The van der Waals surface area contributed by atoms with Gasteiger partial charge in [-0.2, -0.15) is 15.0 Å². The molecule has 1 aromatic carbocycles. The van der Waals surface area contributed by atoms with Gasteiger partial charge in [-0.05, 0) is 24.6 Å². The van der Waals surface area contributed by atoms with Crippen LogP contribution >= 0.6 is 23.2 Å². The summed E-state index contributed by atoms with van der Waals surface area (Å²) >= 11 is 12.2. The van der Waals surface area contributed by atoms with E-state index in [0.717, 1.165) is 5.56 Å². The van der Waals surface area contributed by atoms with Crippen LogP contribution in [0.4, 0.5) is 23.5 Å². The van der Waals surface area contributed by atoms with Crippen LogP contribution in [-0.4, -0.2) is 29.0 Å². The molecule has 3 N–H and O–H groups in total. The lowest BCUT2D eigenvalue weighted by Gasteiger charge is -2.13. The van der Waals surface area contributed by atoms with Crippen molar-refractivity contribution in [1.82, 2.24) is 15.0 Å². The summed E-state index contributed by atoms with van der Waals surface area (Å²) in [4.78, 5) is 14.0. The molecule has 0 saturated heterocycles. The molecule has 20 heavy (non-hydrogen) atoms. The molecule has 0 aliphatic carbocycles. The number of aryl methyl sites for hydroxylation is 1. The third-order valence-electron chi connectivity index (χ3n) is 2.54. The minimum Gasteiger partial charge on any atom is -0.368 e. The molecule has 0 atom stereocenters. The quantitative estimate of drug-likeness (QED) is 0.907. The van der Waals surface area contributed by atoms with Crippen LogP contribution in [0.15, 0.2) is 12.1 Å². The van der Waals surface area contributed by atoms with Gasteiger partial charge in [-0.15, -0.1) is 0 Å². The number of halogens is 2. The molecule has 1 aromatic heterocycles. The van der Waals surface area contributed by atoms with Crippen LogP contribution in [0.25, 0.3) is 0 Å². The number of nitrogens with one attached hydrogen (secondary N) is 1. The number of benzene rings is 1. The highest BCUT2D eigenvalue weighted by atomic mass is 35.5. The molecule has 0 fully saturated rings. The van der Waals surface area contributed by atoms with Crippen molar-refractivity contribution in [2.24, 2.45) is 0 Å². The van der Waals surface area contributed by atoms with Crippen LogP contribution in [0.2, 0.25) is 10.0 Å². The van der Waals surface area contributed by atoms with Crippen LogP contribution in [-0.2, 0) is 0 Å². The number of rotatable bonds is 3. The van der Waals surface area contributed by atoms with Crippen LogP contribution in [0.5, 0.6) is 0 Å². The van der Waals surface area contributed by atoms with Gasteiger partial charge in [0.1, 0.15) is 0 Å². The van der Waals surface area contributed by atoms with E-state index in [4.69, 9.17) is 28.9 Å². The Morgan fingerprint density at radius 2 is 1.80 bits per heavy atom. The first-order chi connectivity index (χ1) is 9.36. The summed E-state index contributed by atoms with van der Waals surface area (Å²) in [7, 11) is 3.63. The van der Waals surface area contributed by atoms with Gasteiger partial charge in [0, 0.05) is 19.1 Å². The second-order valence-electron chi connectivity index (χ2n) is 4.42. The van der Waals surface area contributed by atoms with Gasteiger partial charge in [-0.3, -0.25) is 0 Å². The fourth-order valence-corrected chi connectivity index (χ4v) is 1.93. The van der Waals surface area contributed by atoms with Crippen molar-refractivity contribution in [2.45, 2.75) is 6.92 Å². The van der Waals surface area contributed by atoms with Crippen LogP contribution in [0.3, 0.4) is 0 Å². The third-order valence-corrected chi connectivity index (χ3v) is 3.26. The zero-order valence-corrected chi connectivity index (χ0v) is 12.8. The van der Waals surface area contributed by atoms with Gasteiger partial charge in [0.2, 0.25) is 17.8 Å². The van der Waals surface area contributed by atoms with Crippen LogP contribution in [0.1, 0.15) is 5.56 Å². The number of nitrogens with zero attached hydrogens (tertiary/aromatic N) is 4. The summed E-state index contributed by atoms with van der Waals surface area (Å²) in [6.45, 7) is 1.88. The highest BCUT2D eigenvalue weighted by molar-refractivity contribution is 6.35. The average Bonchev–Trinajstić information content (AvgIpc) is 2.35. The molecule has 6 nitrogen and oxygen atoms in total. The van der Waals surface area contributed by atoms with Crippen molar-refractivity contribution in [2.75, 3.05) is 30.0 Å². The highest BCUT2D eigenvalue weighted by Crippen LogP contribution is 2.30. The first kappa shape index (κ1) is 14.6. The maximum Gasteiger partial charge on any atom is 0.233 e. The van der Waals surface area contributed by atoms with Crippen molar-refractivity contribution in [3.63, 3.8) is 0 Å². The van der Waals surface area contributed by atoms with Crippen molar-refractivity contribution in [1.29, 1.82) is 0 Å². The molecule has 0 spiro atoms. The monoisotopic (exact) mass is 312 g/mol. The Labute approximate surface area is 126 Å². The number of aromatic nitrogens is 3. The fraction of sp³-hybridized carbons (Fsp3) is 0.250. The number of hydrogen-bond acceptors (Lipinski definition) is 6. The highest BCUT2D eigenvalue weighted by Gasteiger charge is 2.09. The van der Waals surface area contributed by atoms with Gasteiger partial charge in [0.25, 0.3) is 0 Å². The molecule has 0 unspecified atom stereocenters. The maximum absolute atomic E-state index is 6.16. The van der Waals surface area contributed by atoms with Gasteiger partial charge in [-0.1, -0.05) is 23.2 Å². The zero-order chi connectivity index (χ0) is 14.9. The van der Waals surface area contributed by atoms with E-state index < -0.39 is 0 Å². The number of hydrogen-bond donors (Lipinski definition) is 2. The molecule has 0 amide bonds. The van der Waals surface area contributed by atoms with Crippen molar-refractivity contribution < 1.29 is 0 Å². The predicted molar refractivity (Wildman–Crippen MR) is 83.0 cm³/mol. The summed E-state index contributed by atoms with van der Waals surface area (Å²) in [6, 6.07) is 3.48. The Balaban J connectivity index is 2.37. The molecule has 0 bridgehead atoms. The van der Waals surface area contributed by atoms with E-state index >= 15 is 0 Å². The van der Waals surface area contributed by atoms with Crippen molar-refractivity contribution in [3.8, 4) is 0 Å². The molecule has 106 valence electrons. The van der Waals surface area contributed by atoms with E-state index in [2.05, 4.69) is 20.3 Å². The lowest BCUT2D eigenvalue weighted by Crippen LogP contribution is -2.15. The fourth-order valence-electron chi connectivity index (χ4n) is 1.50. The molecule has 0 saturated carbocycles. The smallest absolute Gasteiger partial charge is 0.233 e. The van der Waals surface area contributed by atoms with E-state index in [-0.39, 0.29) is 5.95 Å². The van der Waals surface area contributed by atoms with Gasteiger partial charge in [0.15, 0.2) is 0 Å². The minimum absolute atomic E-state index is 0.125. The second kappa shape index (κ2) is 5.68. The van der Waals surface area contributed by atoms with Crippen LogP contribution < -0.4 is 16.0 Å². The normalized spacial score (nSPS) is 10.4. The Hall–Kier alpha value is -1.79. The Kier molecular flexibility index (Phi) is 4.15. The summed E-state index contributed by atoms with van der Waals surface area (Å²) in [5.41, 5.74) is 7.16. The minimum atomic E-state index is 0.125. The molecular weight excluding hydrogens is 299 g/mol. The molecule has 2 aromatic rings. The predicted octanol–water partition coefficient (Wildman–Crippen LogP) is 2.88. The Bertz CT molecular complexity index is 644. The van der Waals surface area contributed by atoms with E-state index in [1.54, 1.807) is 17.0 Å². The lowest BCUT2D eigenvalue weighted by molar-refractivity contribution is 0.969. The standard InChI is InChI=1S/C12H14Cl2N6/c1-6-4-8(14)9(5-7(6)13)16-11-17-10(15)18-12(19-11)20(2)3/h4-5H,1-3H3,(H3,15,16,17,18,19). The van der Waals surface area contributed by atoms with E-state index in [9.17, 15) is 0 Å². The first-order valence-corrected chi connectivity index (χ1v) is 6.54. The number of anilines is 4. The van der Waals surface area contributed by atoms with Gasteiger partial charge in [-0.25, -0.2) is 0 Å². The third kappa shape index (κ3) is 3.20. The van der Waals surface area contributed by atoms with Crippen LogP contribution in [0, 0.1) is 6.92 Å². The lowest BCUT2D eigenvalue weighted by atomic mass is 10.2. The average molecular weight is 313 g/mol. The van der Waals surface area contributed by atoms with Gasteiger partial charge in [0.05, 0.1) is 10.7 Å². The van der Waals surface area contributed by atoms with Gasteiger partial charge >= 0.3 is 0 Å². The molecular formula is C12H14Cl2N6. The molecule has 8 heteroatoms. The molecule has 2 rings (SSSR count). The molecule has 0 aliphatic heterocycles. The Morgan fingerprint density at radius 3 is 2.45 bits per heavy atom. The summed E-state index contributed by atoms with van der Waals surface area (Å²) in [5, 5.41) is 4.12. The zero-order valence-electron chi connectivity index (χ0n) is 11.3. The summed E-state index contributed by atoms with van der Waals surface area (Å²) in [6.07, 6.45) is 0. The molecule has 1 heterocycles. The van der Waals surface area contributed by atoms with E-state index in [0.29, 0.717) is 27.6 Å². The molecule has 0 aliphatic rings. The first-order valence-electron chi connectivity index (χ1n) is 5.78. The number of nitrogens with two attached hydrogens (primary N) is 1. The van der Waals surface area contributed by atoms with E-state index in [1.165, 1.54) is 0 Å². The topological polar surface area (TPSA) is 80.0 Å². The number of nitrogen functional groups attached to an aromatic ring is 1. The largest absolute Gasteiger partial charge is 0.368 e. The summed E-state index contributed by atoms with van der Waals surface area (Å²) < 4.78 is 0. The SMILES string of the molecule is Cc1cc(Cl)c(Nc2nc(N)nc(N(C)C)n2)cc1Cl.